The number of benzene rings is 2. The Bertz CT molecular complexity index is 897. The maximum absolute atomic E-state index is 12.7. The molecule has 1 unspecified atom stereocenters. The van der Waals surface area contributed by atoms with Crippen molar-refractivity contribution in [3.63, 3.8) is 0 Å². The summed E-state index contributed by atoms with van der Waals surface area (Å²) in [5.74, 6) is -0.00278. The van der Waals surface area contributed by atoms with Gasteiger partial charge >= 0.3 is 0 Å². The lowest BCUT2D eigenvalue weighted by molar-refractivity contribution is -0.120. The number of carbonyl (C=O) groups is 2. The number of rotatable bonds is 4. The number of hydrogen-bond donors (Lipinski definition) is 1. The Morgan fingerprint density at radius 1 is 1.14 bits per heavy atom. The van der Waals surface area contributed by atoms with Gasteiger partial charge in [-0.05, 0) is 61.4 Å². The largest absolute Gasteiger partial charge is 0.358 e. The first-order valence-corrected chi connectivity index (χ1v) is 10.9. The van der Waals surface area contributed by atoms with Crippen molar-refractivity contribution < 1.29 is 9.59 Å². The van der Waals surface area contributed by atoms with Gasteiger partial charge in [0.05, 0.1) is 11.4 Å². The maximum atomic E-state index is 12.7. The molecule has 0 spiro atoms. The Hall–Kier alpha value is -2.47. The molecule has 0 saturated carbocycles. The van der Waals surface area contributed by atoms with Gasteiger partial charge in [-0.1, -0.05) is 12.1 Å². The van der Waals surface area contributed by atoms with Gasteiger partial charge in [-0.2, -0.15) is 0 Å². The molecule has 1 N–H and O–H groups in total. The number of carbonyl (C=O) groups excluding carboxylic acids is 2. The van der Waals surface area contributed by atoms with E-state index in [-0.39, 0.29) is 17.9 Å². The molecule has 0 aliphatic carbocycles. The third-order valence-corrected chi connectivity index (χ3v) is 6.38. The van der Waals surface area contributed by atoms with Crippen LogP contribution in [0.15, 0.2) is 47.4 Å². The smallest absolute Gasteiger partial charge is 0.251 e. The number of likely N-dealkylation sites (N-methyl/N-ethyl adjacent to an activating group) is 1. The first-order chi connectivity index (χ1) is 13.6. The zero-order chi connectivity index (χ0) is 19.7. The molecule has 2 amide bonds. The van der Waals surface area contributed by atoms with Crippen LogP contribution in [-0.4, -0.2) is 37.7 Å². The second-order valence-electron chi connectivity index (χ2n) is 7.34. The Kier molecular flexibility index (Phi) is 5.31. The van der Waals surface area contributed by atoms with Crippen molar-refractivity contribution >= 4 is 35.0 Å². The minimum atomic E-state index is -0.127. The van der Waals surface area contributed by atoms with Gasteiger partial charge in [0.25, 0.3) is 5.91 Å². The topological polar surface area (TPSA) is 52.7 Å². The van der Waals surface area contributed by atoms with Crippen molar-refractivity contribution in [2.24, 2.45) is 0 Å². The standard InChI is InChI=1S/C22H25N3O2S/c1-24-20-13-16(21(26)23-14-15-6-9-17(28-2)10-7-15)8-11-18(20)25-12-4-3-5-19(25)22(24)27/h6-11,13,19H,3-5,12,14H2,1-2H3,(H,23,26). The predicted molar refractivity (Wildman–Crippen MR) is 114 cm³/mol. The van der Waals surface area contributed by atoms with E-state index in [0.29, 0.717) is 12.1 Å². The van der Waals surface area contributed by atoms with E-state index >= 15 is 0 Å². The van der Waals surface area contributed by atoms with Gasteiger partial charge in [0.15, 0.2) is 0 Å². The molecule has 1 fully saturated rings. The lowest BCUT2D eigenvalue weighted by Gasteiger charge is -2.44. The highest BCUT2D eigenvalue weighted by molar-refractivity contribution is 7.98. The normalized spacial score (nSPS) is 18.5. The molecule has 2 heterocycles. The van der Waals surface area contributed by atoms with Gasteiger partial charge in [-0.15, -0.1) is 11.8 Å². The lowest BCUT2D eigenvalue weighted by Crippen LogP contribution is -2.54. The number of fused-ring (bicyclic) bond motifs is 3. The monoisotopic (exact) mass is 395 g/mol. The fourth-order valence-electron chi connectivity index (χ4n) is 4.02. The molecule has 2 aromatic rings. The minimum absolute atomic E-state index is 0.0600. The van der Waals surface area contributed by atoms with Crippen molar-refractivity contribution in [3.8, 4) is 0 Å². The summed E-state index contributed by atoms with van der Waals surface area (Å²) in [6.45, 7) is 1.38. The molecule has 0 bridgehead atoms. The summed E-state index contributed by atoms with van der Waals surface area (Å²) in [6, 6.07) is 13.8. The molecule has 2 aliphatic rings. The molecular weight excluding hydrogens is 370 g/mol. The van der Waals surface area contributed by atoms with E-state index in [1.165, 1.54) is 4.90 Å². The van der Waals surface area contributed by atoms with Gasteiger partial charge < -0.3 is 15.1 Å². The third-order valence-electron chi connectivity index (χ3n) is 5.64. The van der Waals surface area contributed by atoms with Gasteiger partial charge in [0, 0.05) is 30.6 Å². The summed E-state index contributed by atoms with van der Waals surface area (Å²) in [4.78, 5) is 30.5. The van der Waals surface area contributed by atoms with Gasteiger partial charge in [0.1, 0.15) is 6.04 Å². The molecule has 146 valence electrons. The van der Waals surface area contributed by atoms with Gasteiger partial charge in [-0.3, -0.25) is 9.59 Å². The number of piperidine rings is 1. The van der Waals surface area contributed by atoms with E-state index in [9.17, 15) is 9.59 Å². The van der Waals surface area contributed by atoms with E-state index in [4.69, 9.17) is 0 Å². The van der Waals surface area contributed by atoms with Crippen LogP contribution in [-0.2, 0) is 11.3 Å². The van der Waals surface area contributed by atoms with E-state index in [1.54, 1.807) is 16.7 Å². The minimum Gasteiger partial charge on any atom is -0.358 e. The molecule has 2 aromatic carbocycles. The number of amides is 2. The summed E-state index contributed by atoms with van der Waals surface area (Å²) in [6.07, 6.45) is 5.14. The van der Waals surface area contributed by atoms with Crippen molar-refractivity contribution in [2.45, 2.75) is 36.7 Å². The average Bonchev–Trinajstić information content (AvgIpc) is 2.75. The molecule has 1 saturated heterocycles. The maximum Gasteiger partial charge on any atom is 0.251 e. The first kappa shape index (κ1) is 18.9. The number of nitrogens with zero attached hydrogens (tertiary/aromatic N) is 2. The van der Waals surface area contributed by atoms with Crippen LogP contribution in [0.1, 0.15) is 35.2 Å². The first-order valence-electron chi connectivity index (χ1n) is 9.68. The molecule has 6 heteroatoms. The van der Waals surface area contributed by atoms with Gasteiger partial charge in [0.2, 0.25) is 5.91 Å². The van der Waals surface area contributed by atoms with Crippen molar-refractivity contribution in [1.82, 2.24) is 5.32 Å². The Morgan fingerprint density at radius 2 is 1.93 bits per heavy atom. The van der Waals surface area contributed by atoms with E-state index in [0.717, 1.165) is 42.7 Å². The predicted octanol–water partition coefficient (Wildman–Crippen LogP) is 3.67. The molecule has 28 heavy (non-hydrogen) atoms. The molecule has 1 atom stereocenters. The summed E-state index contributed by atoms with van der Waals surface area (Å²) in [7, 11) is 1.81. The van der Waals surface area contributed by atoms with E-state index < -0.39 is 0 Å². The highest BCUT2D eigenvalue weighted by atomic mass is 32.2. The van der Waals surface area contributed by atoms with Crippen molar-refractivity contribution in [2.75, 3.05) is 29.6 Å². The van der Waals surface area contributed by atoms with Crippen molar-refractivity contribution in [1.29, 1.82) is 0 Å². The zero-order valence-corrected chi connectivity index (χ0v) is 17.1. The Morgan fingerprint density at radius 3 is 2.68 bits per heavy atom. The summed E-state index contributed by atoms with van der Waals surface area (Å²) in [5.41, 5.74) is 3.51. The number of anilines is 2. The summed E-state index contributed by atoms with van der Waals surface area (Å²) >= 11 is 1.70. The number of hydrogen-bond acceptors (Lipinski definition) is 4. The summed E-state index contributed by atoms with van der Waals surface area (Å²) in [5, 5.41) is 2.98. The molecule has 4 rings (SSSR count). The molecule has 0 radical (unpaired) electrons. The fourth-order valence-corrected chi connectivity index (χ4v) is 4.43. The van der Waals surface area contributed by atoms with Crippen LogP contribution in [0.25, 0.3) is 0 Å². The third kappa shape index (κ3) is 3.49. The summed E-state index contributed by atoms with van der Waals surface area (Å²) < 4.78 is 0. The molecule has 2 aliphatic heterocycles. The molecule has 5 nitrogen and oxygen atoms in total. The SMILES string of the molecule is CSc1ccc(CNC(=O)c2ccc3c(c2)N(C)C(=O)C2CCCCN32)cc1. The highest BCUT2D eigenvalue weighted by Gasteiger charge is 2.37. The van der Waals surface area contributed by atoms with Crippen LogP contribution in [0.3, 0.4) is 0 Å². The quantitative estimate of drug-likeness (QED) is 0.803. The van der Waals surface area contributed by atoms with Crippen molar-refractivity contribution in [3.05, 3.63) is 53.6 Å². The Labute approximate surface area is 170 Å². The van der Waals surface area contributed by atoms with Crippen LogP contribution in [0, 0.1) is 0 Å². The number of nitrogens with one attached hydrogen (secondary N) is 1. The molecule has 0 aromatic heterocycles. The number of thioether (sulfide) groups is 1. The van der Waals surface area contributed by atoms with E-state index in [2.05, 4.69) is 22.3 Å². The zero-order valence-electron chi connectivity index (χ0n) is 16.3. The van der Waals surface area contributed by atoms with Crippen LogP contribution in [0.4, 0.5) is 11.4 Å². The Balaban J connectivity index is 1.51. The average molecular weight is 396 g/mol. The fraction of sp³-hybridized carbons (Fsp3) is 0.364. The second kappa shape index (κ2) is 7.87. The lowest BCUT2D eigenvalue weighted by atomic mass is 9.96. The second-order valence-corrected chi connectivity index (χ2v) is 8.22. The van der Waals surface area contributed by atoms with Crippen LogP contribution in [0.2, 0.25) is 0 Å². The van der Waals surface area contributed by atoms with Crippen LogP contribution in [0.5, 0.6) is 0 Å². The highest BCUT2D eigenvalue weighted by Crippen LogP contribution is 2.39. The molecular formula is C22H25N3O2S. The van der Waals surface area contributed by atoms with E-state index in [1.807, 2.05) is 43.6 Å². The van der Waals surface area contributed by atoms with Crippen LogP contribution < -0.4 is 15.1 Å². The van der Waals surface area contributed by atoms with Gasteiger partial charge in [-0.25, -0.2) is 0 Å². The van der Waals surface area contributed by atoms with Crippen LogP contribution >= 0.6 is 11.8 Å².